The van der Waals surface area contributed by atoms with Crippen LogP contribution in [-0.2, 0) is 0 Å². The van der Waals surface area contributed by atoms with Crippen LogP contribution in [0.3, 0.4) is 0 Å². The zero-order chi connectivity index (χ0) is 15.1. The van der Waals surface area contributed by atoms with E-state index in [0.29, 0.717) is 24.0 Å². The lowest BCUT2D eigenvalue weighted by Crippen LogP contribution is -2.42. The zero-order valence-electron chi connectivity index (χ0n) is 13.0. The molecule has 4 heteroatoms. The minimum Gasteiger partial charge on any atom is -0.494 e. The van der Waals surface area contributed by atoms with Gasteiger partial charge in [0, 0.05) is 12.1 Å². The van der Waals surface area contributed by atoms with Crippen LogP contribution < -0.4 is 15.4 Å². The van der Waals surface area contributed by atoms with Crippen molar-refractivity contribution < 1.29 is 9.53 Å². The lowest BCUT2D eigenvalue weighted by Gasteiger charge is -2.29. The Morgan fingerprint density at radius 1 is 1.48 bits per heavy atom. The number of hydrogen-bond acceptors (Lipinski definition) is 3. The SMILES string of the molecule is CCCOc1cccc(C(=O)NCC2CNCCC2C)c1. The van der Waals surface area contributed by atoms with Crippen LogP contribution in [0.15, 0.2) is 24.3 Å². The van der Waals surface area contributed by atoms with E-state index in [1.807, 2.05) is 24.3 Å². The van der Waals surface area contributed by atoms with E-state index < -0.39 is 0 Å². The monoisotopic (exact) mass is 290 g/mol. The van der Waals surface area contributed by atoms with E-state index in [1.54, 1.807) is 0 Å². The molecule has 1 aliphatic heterocycles. The Hall–Kier alpha value is -1.55. The number of rotatable bonds is 6. The smallest absolute Gasteiger partial charge is 0.251 e. The van der Waals surface area contributed by atoms with Crippen LogP contribution in [0.5, 0.6) is 5.75 Å². The van der Waals surface area contributed by atoms with E-state index in [4.69, 9.17) is 4.74 Å². The molecule has 116 valence electrons. The second kappa shape index (κ2) is 8.03. The molecule has 1 aliphatic rings. The number of benzene rings is 1. The molecule has 4 nitrogen and oxygen atoms in total. The van der Waals surface area contributed by atoms with E-state index in [9.17, 15) is 4.79 Å². The summed E-state index contributed by atoms with van der Waals surface area (Å²) in [6.07, 6.45) is 2.14. The number of piperidine rings is 1. The van der Waals surface area contributed by atoms with Gasteiger partial charge in [0.25, 0.3) is 5.91 Å². The Bertz CT molecular complexity index is 462. The largest absolute Gasteiger partial charge is 0.494 e. The van der Waals surface area contributed by atoms with Crippen LogP contribution in [0.2, 0.25) is 0 Å². The normalized spacial score (nSPS) is 21.8. The average Bonchev–Trinajstić information content (AvgIpc) is 2.52. The van der Waals surface area contributed by atoms with Crippen LogP contribution >= 0.6 is 0 Å². The van der Waals surface area contributed by atoms with Gasteiger partial charge < -0.3 is 15.4 Å². The summed E-state index contributed by atoms with van der Waals surface area (Å²) in [5, 5.41) is 6.44. The molecule has 1 amide bonds. The molecule has 0 radical (unpaired) electrons. The van der Waals surface area contributed by atoms with Gasteiger partial charge in [0.05, 0.1) is 6.61 Å². The molecular weight excluding hydrogens is 264 g/mol. The molecular formula is C17H26N2O2. The Morgan fingerprint density at radius 2 is 2.33 bits per heavy atom. The summed E-state index contributed by atoms with van der Waals surface area (Å²) in [4.78, 5) is 12.2. The number of nitrogens with one attached hydrogen (secondary N) is 2. The maximum atomic E-state index is 12.2. The summed E-state index contributed by atoms with van der Waals surface area (Å²) in [5.41, 5.74) is 0.667. The maximum absolute atomic E-state index is 12.2. The fourth-order valence-corrected chi connectivity index (χ4v) is 2.60. The predicted octanol–water partition coefficient (Wildman–Crippen LogP) is 2.45. The molecule has 2 rings (SSSR count). The summed E-state index contributed by atoms with van der Waals surface area (Å²) in [6, 6.07) is 7.40. The molecule has 1 aromatic carbocycles. The molecule has 0 bridgehead atoms. The highest BCUT2D eigenvalue weighted by Gasteiger charge is 2.21. The summed E-state index contributed by atoms with van der Waals surface area (Å²) in [7, 11) is 0. The van der Waals surface area contributed by atoms with E-state index in [0.717, 1.165) is 31.8 Å². The molecule has 0 aromatic heterocycles. The zero-order valence-corrected chi connectivity index (χ0v) is 13.0. The highest BCUT2D eigenvalue weighted by Crippen LogP contribution is 2.18. The third-order valence-corrected chi connectivity index (χ3v) is 4.08. The first-order valence-electron chi connectivity index (χ1n) is 7.92. The molecule has 2 N–H and O–H groups in total. The number of carbonyl (C=O) groups excluding carboxylic acids is 1. The topological polar surface area (TPSA) is 50.4 Å². The Morgan fingerprint density at radius 3 is 3.10 bits per heavy atom. The molecule has 21 heavy (non-hydrogen) atoms. The first-order chi connectivity index (χ1) is 10.2. The molecule has 1 aromatic rings. The summed E-state index contributed by atoms with van der Waals surface area (Å²) in [6.45, 7) is 7.81. The molecule has 0 saturated carbocycles. The number of hydrogen-bond donors (Lipinski definition) is 2. The van der Waals surface area contributed by atoms with Gasteiger partial charge in [0.1, 0.15) is 5.75 Å². The summed E-state index contributed by atoms with van der Waals surface area (Å²) >= 11 is 0. The van der Waals surface area contributed by atoms with Gasteiger partial charge in [-0.2, -0.15) is 0 Å². The van der Waals surface area contributed by atoms with Gasteiger partial charge in [-0.25, -0.2) is 0 Å². The summed E-state index contributed by atoms with van der Waals surface area (Å²) < 4.78 is 5.57. The highest BCUT2D eigenvalue weighted by molar-refractivity contribution is 5.94. The number of ether oxygens (including phenoxy) is 1. The van der Waals surface area contributed by atoms with Crippen molar-refractivity contribution in [3.05, 3.63) is 29.8 Å². The Labute approximate surface area is 127 Å². The van der Waals surface area contributed by atoms with Crippen LogP contribution in [0, 0.1) is 11.8 Å². The number of carbonyl (C=O) groups is 1. The van der Waals surface area contributed by atoms with Crippen LogP contribution in [0.1, 0.15) is 37.0 Å². The van der Waals surface area contributed by atoms with Gasteiger partial charge in [-0.05, 0) is 56.0 Å². The fourth-order valence-electron chi connectivity index (χ4n) is 2.60. The lowest BCUT2D eigenvalue weighted by atomic mass is 9.88. The quantitative estimate of drug-likeness (QED) is 0.846. The average molecular weight is 290 g/mol. The molecule has 1 heterocycles. The number of amides is 1. The first-order valence-corrected chi connectivity index (χ1v) is 7.92. The van der Waals surface area contributed by atoms with Gasteiger partial charge in [0.15, 0.2) is 0 Å². The van der Waals surface area contributed by atoms with Gasteiger partial charge in [-0.3, -0.25) is 4.79 Å². The van der Waals surface area contributed by atoms with E-state index in [-0.39, 0.29) is 5.91 Å². The van der Waals surface area contributed by atoms with E-state index in [1.165, 1.54) is 6.42 Å². The minimum atomic E-state index is -0.0188. The van der Waals surface area contributed by atoms with Gasteiger partial charge in [-0.1, -0.05) is 19.9 Å². The van der Waals surface area contributed by atoms with Crippen molar-refractivity contribution in [2.45, 2.75) is 26.7 Å². The molecule has 2 unspecified atom stereocenters. The fraction of sp³-hybridized carbons (Fsp3) is 0.588. The Kier molecular flexibility index (Phi) is 6.05. The van der Waals surface area contributed by atoms with Gasteiger partial charge >= 0.3 is 0 Å². The van der Waals surface area contributed by atoms with Crippen molar-refractivity contribution in [2.75, 3.05) is 26.2 Å². The third kappa shape index (κ3) is 4.74. The van der Waals surface area contributed by atoms with Gasteiger partial charge in [-0.15, -0.1) is 0 Å². The van der Waals surface area contributed by atoms with Crippen molar-refractivity contribution in [3.8, 4) is 5.75 Å². The van der Waals surface area contributed by atoms with Gasteiger partial charge in [0.2, 0.25) is 0 Å². The van der Waals surface area contributed by atoms with Crippen molar-refractivity contribution in [2.24, 2.45) is 11.8 Å². The molecule has 1 saturated heterocycles. The lowest BCUT2D eigenvalue weighted by molar-refractivity contribution is 0.0938. The van der Waals surface area contributed by atoms with Crippen LogP contribution in [0.25, 0.3) is 0 Å². The Balaban J connectivity index is 1.87. The second-order valence-electron chi connectivity index (χ2n) is 5.82. The van der Waals surface area contributed by atoms with Crippen molar-refractivity contribution >= 4 is 5.91 Å². The van der Waals surface area contributed by atoms with Crippen LogP contribution in [-0.4, -0.2) is 32.1 Å². The minimum absolute atomic E-state index is 0.0188. The van der Waals surface area contributed by atoms with Crippen molar-refractivity contribution in [1.82, 2.24) is 10.6 Å². The van der Waals surface area contributed by atoms with E-state index >= 15 is 0 Å². The predicted molar refractivity (Wildman–Crippen MR) is 84.7 cm³/mol. The van der Waals surface area contributed by atoms with Crippen molar-refractivity contribution in [1.29, 1.82) is 0 Å². The van der Waals surface area contributed by atoms with E-state index in [2.05, 4.69) is 24.5 Å². The highest BCUT2D eigenvalue weighted by atomic mass is 16.5. The molecule has 1 fully saturated rings. The molecule has 0 spiro atoms. The third-order valence-electron chi connectivity index (χ3n) is 4.08. The maximum Gasteiger partial charge on any atom is 0.251 e. The summed E-state index contributed by atoms with van der Waals surface area (Å²) in [5.74, 6) is 1.92. The first kappa shape index (κ1) is 15.8. The van der Waals surface area contributed by atoms with Crippen LogP contribution in [0.4, 0.5) is 0 Å². The van der Waals surface area contributed by atoms with Crippen molar-refractivity contribution in [3.63, 3.8) is 0 Å². The standard InChI is InChI=1S/C17H26N2O2/c1-3-9-21-16-6-4-5-14(10-16)17(20)19-12-15-11-18-8-7-13(15)2/h4-6,10,13,15,18H,3,7-9,11-12H2,1-2H3,(H,19,20). The molecule has 2 atom stereocenters. The second-order valence-corrected chi connectivity index (χ2v) is 5.82. The molecule has 0 aliphatic carbocycles.